The van der Waals surface area contributed by atoms with E-state index in [1.807, 2.05) is 24.3 Å². The molecule has 1 aliphatic carbocycles. The minimum absolute atomic E-state index is 0.0558. The summed E-state index contributed by atoms with van der Waals surface area (Å²) in [5.41, 5.74) is 1.34. The van der Waals surface area contributed by atoms with Gasteiger partial charge in [-0.1, -0.05) is 18.2 Å². The fraction of sp³-hybridized carbons (Fsp3) is 0.278. The van der Waals surface area contributed by atoms with E-state index in [-0.39, 0.29) is 29.2 Å². The molecule has 2 atom stereocenters. The molecule has 1 saturated carbocycles. The highest BCUT2D eigenvalue weighted by Gasteiger charge is 2.41. The van der Waals surface area contributed by atoms with E-state index < -0.39 is 0 Å². The van der Waals surface area contributed by atoms with E-state index in [0.717, 1.165) is 17.7 Å². The number of methoxy groups -OCH3 is 2. The van der Waals surface area contributed by atoms with Crippen molar-refractivity contribution in [2.45, 2.75) is 18.4 Å². The molecule has 0 aromatic heterocycles. The molecule has 23 heavy (non-hydrogen) atoms. The SMILES string of the molecule is COc1ccc(C(=O)N[C@H]2C[C@@H]2c2ccccc2OC)c(O)c1. The number of phenolic OH excluding ortho intramolecular Hbond substituents is 1. The van der Waals surface area contributed by atoms with Gasteiger partial charge < -0.3 is 19.9 Å². The number of hydrogen-bond donors (Lipinski definition) is 2. The van der Waals surface area contributed by atoms with Crippen LogP contribution in [0.1, 0.15) is 28.3 Å². The lowest BCUT2D eigenvalue weighted by Gasteiger charge is -2.10. The summed E-state index contributed by atoms with van der Waals surface area (Å²) in [5, 5.41) is 12.9. The molecule has 0 bridgehead atoms. The lowest BCUT2D eigenvalue weighted by Crippen LogP contribution is -2.26. The molecular weight excluding hydrogens is 294 g/mol. The van der Waals surface area contributed by atoms with Gasteiger partial charge in [0.05, 0.1) is 19.8 Å². The second kappa shape index (κ2) is 6.20. The molecule has 0 spiro atoms. The molecule has 2 aromatic carbocycles. The standard InChI is InChI=1S/C18H19NO4/c1-22-11-7-8-13(16(20)9-11)18(21)19-15-10-14(15)12-5-3-4-6-17(12)23-2/h3-9,14-15,20H,10H2,1-2H3,(H,19,21)/t14-,15+/m1/s1. The molecule has 0 unspecified atom stereocenters. The van der Waals surface area contributed by atoms with Gasteiger partial charge in [-0.25, -0.2) is 0 Å². The number of ether oxygens (including phenoxy) is 2. The second-order valence-electron chi connectivity index (χ2n) is 5.55. The minimum Gasteiger partial charge on any atom is -0.507 e. The van der Waals surface area contributed by atoms with Crippen molar-refractivity contribution in [1.82, 2.24) is 5.32 Å². The number of amides is 1. The first-order valence-electron chi connectivity index (χ1n) is 7.45. The van der Waals surface area contributed by atoms with Crippen molar-refractivity contribution in [2.75, 3.05) is 14.2 Å². The zero-order valence-electron chi connectivity index (χ0n) is 13.1. The number of aromatic hydroxyl groups is 1. The molecule has 2 aromatic rings. The highest BCUT2D eigenvalue weighted by molar-refractivity contribution is 5.97. The van der Waals surface area contributed by atoms with Crippen LogP contribution >= 0.6 is 0 Å². The predicted octanol–water partition coefficient (Wildman–Crippen LogP) is 2.70. The molecule has 5 heteroatoms. The first kappa shape index (κ1) is 15.2. The number of rotatable bonds is 5. The Morgan fingerprint density at radius 1 is 1.17 bits per heavy atom. The Hall–Kier alpha value is -2.69. The van der Waals surface area contributed by atoms with Crippen molar-refractivity contribution >= 4 is 5.91 Å². The van der Waals surface area contributed by atoms with Crippen molar-refractivity contribution in [3.8, 4) is 17.2 Å². The summed E-state index contributed by atoms with van der Waals surface area (Å²) < 4.78 is 10.4. The van der Waals surface area contributed by atoms with Gasteiger partial charge in [-0.2, -0.15) is 0 Å². The van der Waals surface area contributed by atoms with E-state index in [1.54, 1.807) is 19.2 Å². The van der Waals surface area contributed by atoms with Crippen LogP contribution in [0, 0.1) is 0 Å². The topological polar surface area (TPSA) is 67.8 Å². The maximum absolute atomic E-state index is 12.3. The summed E-state index contributed by atoms with van der Waals surface area (Å²) in [4.78, 5) is 12.3. The first-order valence-corrected chi connectivity index (χ1v) is 7.45. The zero-order valence-corrected chi connectivity index (χ0v) is 13.1. The van der Waals surface area contributed by atoms with Crippen LogP contribution < -0.4 is 14.8 Å². The highest BCUT2D eigenvalue weighted by atomic mass is 16.5. The Balaban J connectivity index is 1.68. The molecule has 0 radical (unpaired) electrons. The quantitative estimate of drug-likeness (QED) is 0.890. The Bertz CT molecular complexity index is 729. The summed E-state index contributed by atoms with van der Waals surface area (Å²) in [6, 6.07) is 12.5. The van der Waals surface area contributed by atoms with E-state index in [0.29, 0.717) is 5.75 Å². The zero-order chi connectivity index (χ0) is 16.4. The van der Waals surface area contributed by atoms with Gasteiger partial charge in [0.2, 0.25) is 0 Å². The van der Waals surface area contributed by atoms with Crippen LogP contribution in [0.2, 0.25) is 0 Å². The number of hydrogen-bond acceptors (Lipinski definition) is 4. The van der Waals surface area contributed by atoms with Crippen molar-refractivity contribution in [1.29, 1.82) is 0 Å². The summed E-state index contributed by atoms with van der Waals surface area (Å²) in [5.74, 6) is 1.22. The van der Waals surface area contributed by atoms with Gasteiger partial charge in [-0.3, -0.25) is 4.79 Å². The van der Waals surface area contributed by atoms with Gasteiger partial charge in [-0.15, -0.1) is 0 Å². The fourth-order valence-corrected chi connectivity index (χ4v) is 2.75. The average Bonchev–Trinajstić information content (AvgIpc) is 3.33. The number of nitrogens with one attached hydrogen (secondary N) is 1. The minimum atomic E-state index is -0.285. The van der Waals surface area contributed by atoms with Gasteiger partial charge in [0.1, 0.15) is 17.2 Å². The molecule has 0 heterocycles. The van der Waals surface area contributed by atoms with E-state index in [4.69, 9.17) is 9.47 Å². The van der Waals surface area contributed by atoms with Gasteiger partial charge >= 0.3 is 0 Å². The normalized spacial score (nSPS) is 19.0. The van der Waals surface area contributed by atoms with E-state index in [2.05, 4.69) is 5.32 Å². The third-order valence-electron chi connectivity index (χ3n) is 4.09. The van der Waals surface area contributed by atoms with Crippen LogP contribution in [0.5, 0.6) is 17.2 Å². The molecule has 1 fully saturated rings. The second-order valence-corrected chi connectivity index (χ2v) is 5.55. The highest BCUT2D eigenvalue weighted by Crippen LogP contribution is 2.44. The van der Waals surface area contributed by atoms with E-state index >= 15 is 0 Å². The third-order valence-corrected chi connectivity index (χ3v) is 4.09. The van der Waals surface area contributed by atoms with Gasteiger partial charge in [0, 0.05) is 18.0 Å². The monoisotopic (exact) mass is 313 g/mol. The largest absolute Gasteiger partial charge is 0.507 e. The predicted molar refractivity (Wildman–Crippen MR) is 86.3 cm³/mol. The van der Waals surface area contributed by atoms with Crippen LogP contribution in [0.4, 0.5) is 0 Å². The third kappa shape index (κ3) is 3.08. The number of benzene rings is 2. The maximum atomic E-state index is 12.3. The number of phenols is 1. The fourth-order valence-electron chi connectivity index (χ4n) is 2.75. The van der Waals surface area contributed by atoms with Crippen molar-refractivity contribution in [3.63, 3.8) is 0 Å². The molecule has 2 N–H and O–H groups in total. The summed E-state index contributed by atoms with van der Waals surface area (Å²) in [7, 11) is 3.15. The van der Waals surface area contributed by atoms with Crippen LogP contribution in [-0.4, -0.2) is 31.3 Å². The van der Waals surface area contributed by atoms with E-state index in [1.165, 1.54) is 13.2 Å². The Labute approximate surface area is 134 Å². The Morgan fingerprint density at radius 2 is 1.96 bits per heavy atom. The molecule has 120 valence electrons. The lowest BCUT2D eigenvalue weighted by atomic mass is 10.1. The van der Waals surface area contributed by atoms with Crippen LogP contribution in [0.3, 0.4) is 0 Å². The summed E-state index contributed by atoms with van der Waals surface area (Å²) in [6.45, 7) is 0. The lowest BCUT2D eigenvalue weighted by molar-refractivity contribution is 0.0947. The first-order chi connectivity index (χ1) is 11.1. The summed E-state index contributed by atoms with van der Waals surface area (Å²) in [6.07, 6.45) is 0.864. The smallest absolute Gasteiger partial charge is 0.255 e. The number of para-hydroxylation sites is 1. The van der Waals surface area contributed by atoms with Crippen molar-refractivity contribution in [2.24, 2.45) is 0 Å². The van der Waals surface area contributed by atoms with Crippen molar-refractivity contribution < 1.29 is 19.4 Å². The molecule has 1 aliphatic rings. The molecule has 0 saturated heterocycles. The Morgan fingerprint density at radius 3 is 2.65 bits per heavy atom. The van der Waals surface area contributed by atoms with Crippen LogP contribution in [0.25, 0.3) is 0 Å². The maximum Gasteiger partial charge on any atom is 0.255 e. The molecule has 1 amide bonds. The van der Waals surface area contributed by atoms with Gasteiger partial charge in [-0.05, 0) is 30.2 Å². The average molecular weight is 313 g/mol. The van der Waals surface area contributed by atoms with E-state index in [9.17, 15) is 9.90 Å². The van der Waals surface area contributed by atoms with Crippen LogP contribution in [-0.2, 0) is 0 Å². The Kier molecular flexibility index (Phi) is 4.10. The number of carbonyl (C=O) groups excluding carboxylic acids is 1. The summed E-state index contributed by atoms with van der Waals surface area (Å²) >= 11 is 0. The van der Waals surface area contributed by atoms with Crippen molar-refractivity contribution in [3.05, 3.63) is 53.6 Å². The van der Waals surface area contributed by atoms with Gasteiger partial charge in [0.15, 0.2) is 0 Å². The van der Waals surface area contributed by atoms with Gasteiger partial charge in [0.25, 0.3) is 5.91 Å². The molecule has 5 nitrogen and oxygen atoms in total. The van der Waals surface area contributed by atoms with Crippen LogP contribution in [0.15, 0.2) is 42.5 Å². The molecule has 3 rings (SSSR count). The molecule has 0 aliphatic heterocycles. The molecular formula is C18H19NO4. The number of carbonyl (C=O) groups is 1.